The van der Waals surface area contributed by atoms with E-state index in [4.69, 9.17) is 5.26 Å². The number of amides is 1. The first-order valence-electron chi connectivity index (χ1n) is 4.95. The Morgan fingerprint density at radius 3 is 2.47 bits per heavy atom. The van der Waals surface area contributed by atoms with Gasteiger partial charge < -0.3 is 4.90 Å². The highest BCUT2D eigenvalue weighted by atomic mass is 16.2. The molecule has 1 amide bonds. The Morgan fingerprint density at radius 2 is 2.00 bits per heavy atom. The second-order valence-corrected chi connectivity index (χ2v) is 3.39. The van der Waals surface area contributed by atoms with Gasteiger partial charge in [-0.2, -0.15) is 5.26 Å². The van der Waals surface area contributed by atoms with Gasteiger partial charge in [0.2, 0.25) is 0 Å². The monoisotopic (exact) mass is 202 g/mol. The van der Waals surface area contributed by atoms with Crippen molar-refractivity contribution in [3.05, 3.63) is 29.8 Å². The predicted octanol–water partition coefficient (Wildman–Crippen LogP) is 2.13. The minimum absolute atomic E-state index is 0.543. The fourth-order valence-corrected chi connectivity index (χ4v) is 1.37. The normalized spacial score (nSPS) is 9.40. The lowest BCUT2D eigenvalue weighted by Crippen LogP contribution is -2.24. The average Bonchev–Trinajstić information content (AvgIpc) is 2.28. The highest BCUT2D eigenvalue weighted by molar-refractivity contribution is 6.03. The van der Waals surface area contributed by atoms with Crippen LogP contribution in [0.25, 0.3) is 0 Å². The molecule has 0 heterocycles. The van der Waals surface area contributed by atoms with E-state index < -0.39 is 5.91 Å². The molecule has 0 spiro atoms. The van der Waals surface area contributed by atoms with Crippen LogP contribution in [0.15, 0.2) is 24.3 Å². The molecule has 1 rings (SSSR count). The van der Waals surface area contributed by atoms with E-state index in [9.17, 15) is 4.79 Å². The summed E-state index contributed by atoms with van der Waals surface area (Å²) in [5, 5.41) is 8.46. The number of nitriles is 1. The second-order valence-electron chi connectivity index (χ2n) is 3.39. The molecule has 0 aromatic heterocycles. The predicted molar refractivity (Wildman–Crippen MR) is 59.5 cm³/mol. The van der Waals surface area contributed by atoms with E-state index in [0.717, 1.165) is 18.5 Å². The number of rotatable bonds is 3. The molecule has 0 radical (unpaired) electrons. The van der Waals surface area contributed by atoms with E-state index in [0.29, 0.717) is 0 Å². The molecule has 0 saturated carbocycles. The molecule has 1 aromatic rings. The van der Waals surface area contributed by atoms with Gasteiger partial charge in [-0.1, -0.05) is 25.5 Å². The maximum atomic E-state index is 11.1. The summed E-state index contributed by atoms with van der Waals surface area (Å²) < 4.78 is 0. The van der Waals surface area contributed by atoms with E-state index in [1.807, 2.05) is 24.3 Å². The SMILES string of the molecule is CCCc1ccc(N(C)C(=O)C#N)cc1. The molecule has 0 bridgehead atoms. The molecule has 0 atom stereocenters. The molecule has 0 fully saturated rings. The van der Waals surface area contributed by atoms with Crippen LogP contribution in [0, 0.1) is 11.3 Å². The quantitative estimate of drug-likeness (QED) is 0.705. The number of carbonyl (C=O) groups excluding carboxylic acids is 1. The molecule has 3 heteroatoms. The molecule has 0 aliphatic heterocycles. The van der Waals surface area contributed by atoms with E-state index in [-0.39, 0.29) is 0 Å². The summed E-state index contributed by atoms with van der Waals surface area (Å²) in [7, 11) is 1.60. The average molecular weight is 202 g/mol. The largest absolute Gasteiger partial charge is 0.329 e. The Bertz CT molecular complexity index is 376. The molecule has 0 N–H and O–H groups in total. The Balaban J connectivity index is 2.80. The van der Waals surface area contributed by atoms with Crippen LogP contribution in [0.5, 0.6) is 0 Å². The van der Waals surface area contributed by atoms with Gasteiger partial charge in [-0.15, -0.1) is 0 Å². The summed E-state index contributed by atoms with van der Waals surface area (Å²) in [6.45, 7) is 2.12. The molecule has 1 aromatic carbocycles. The number of hydrogen-bond acceptors (Lipinski definition) is 2. The van der Waals surface area contributed by atoms with E-state index in [1.165, 1.54) is 10.5 Å². The zero-order chi connectivity index (χ0) is 11.3. The van der Waals surface area contributed by atoms with E-state index >= 15 is 0 Å². The van der Waals surface area contributed by atoms with Gasteiger partial charge in [0.05, 0.1) is 0 Å². The van der Waals surface area contributed by atoms with Gasteiger partial charge in [-0.05, 0) is 24.1 Å². The van der Waals surface area contributed by atoms with Crippen molar-refractivity contribution in [2.45, 2.75) is 19.8 Å². The first kappa shape index (κ1) is 11.3. The molecular formula is C12H14N2O. The summed E-state index contributed by atoms with van der Waals surface area (Å²) in [4.78, 5) is 12.4. The van der Waals surface area contributed by atoms with Crippen LogP contribution >= 0.6 is 0 Å². The van der Waals surface area contributed by atoms with Crippen LogP contribution < -0.4 is 4.90 Å². The first-order valence-corrected chi connectivity index (χ1v) is 4.95. The number of aryl methyl sites for hydroxylation is 1. The maximum Gasteiger partial charge on any atom is 0.329 e. The molecule has 0 aliphatic rings. The summed E-state index contributed by atoms with van der Waals surface area (Å²) in [6, 6.07) is 9.28. The van der Waals surface area contributed by atoms with Crippen molar-refractivity contribution < 1.29 is 4.79 Å². The smallest absolute Gasteiger partial charge is 0.303 e. The summed E-state index contributed by atoms with van der Waals surface area (Å²) >= 11 is 0. The molecule has 0 saturated heterocycles. The van der Waals surface area contributed by atoms with Crippen LogP contribution in [0.4, 0.5) is 5.69 Å². The molecule has 15 heavy (non-hydrogen) atoms. The third-order valence-corrected chi connectivity index (χ3v) is 2.26. The van der Waals surface area contributed by atoms with Gasteiger partial charge in [0, 0.05) is 12.7 Å². The standard InChI is InChI=1S/C12H14N2O/c1-3-4-10-5-7-11(8-6-10)14(2)12(15)9-13/h5-8H,3-4H2,1-2H3. The van der Waals surface area contributed by atoms with Crippen molar-refractivity contribution in [1.29, 1.82) is 5.26 Å². The lowest BCUT2D eigenvalue weighted by Gasteiger charge is -2.13. The number of anilines is 1. The van der Waals surface area contributed by atoms with E-state index in [1.54, 1.807) is 13.1 Å². The Morgan fingerprint density at radius 1 is 1.40 bits per heavy atom. The Kier molecular flexibility index (Phi) is 3.87. The number of hydrogen-bond donors (Lipinski definition) is 0. The highest BCUT2D eigenvalue weighted by Gasteiger charge is 2.08. The van der Waals surface area contributed by atoms with Gasteiger partial charge in [0.25, 0.3) is 0 Å². The number of nitrogens with zero attached hydrogens (tertiary/aromatic N) is 2. The fourth-order valence-electron chi connectivity index (χ4n) is 1.37. The van der Waals surface area contributed by atoms with Crippen molar-refractivity contribution in [2.75, 3.05) is 11.9 Å². The summed E-state index contributed by atoms with van der Waals surface area (Å²) in [5.74, 6) is -0.543. The lowest BCUT2D eigenvalue weighted by atomic mass is 10.1. The highest BCUT2D eigenvalue weighted by Crippen LogP contribution is 2.14. The molecule has 0 aliphatic carbocycles. The number of benzene rings is 1. The third-order valence-electron chi connectivity index (χ3n) is 2.26. The first-order chi connectivity index (χ1) is 7.19. The van der Waals surface area contributed by atoms with Crippen LogP contribution in [-0.2, 0) is 11.2 Å². The van der Waals surface area contributed by atoms with Gasteiger partial charge in [-0.25, -0.2) is 0 Å². The van der Waals surface area contributed by atoms with Crippen LogP contribution in [0.1, 0.15) is 18.9 Å². The molecule has 3 nitrogen and oxygen atoms in total. The van der Waals surface area contributed by atoms with Gasteiger partial charge in [0.1, 0.15) is 0 Å². The summed E-state index contributed by atoms with van der Waals surface area (Å²) in [6.07, 6.45) is 2.14. The molecule has 0 unspecified atom stereocenters. The van der Waals surface area contributed by atoms with Crippen LogP contribution in [0.2, 0.25) is 0 Å². The summed E-state index contributed by atoms with van der Waals surface area (Å²) in [5.41, 5.74) is 2.00. The number of carbonyl (C=O) groups is 1. The lowest BCUT2D eigenvalue weighted by molar-refractivity contribution is -0.113. The maximum absolute atomic E-state index is 11.1. The van der Waals surface area contributed by atoms with Crippen molar-refractivity contribution in [1.82, 2.24) is 0 Å². The molecular weight excluding hydrogens is 188 g/mol. The molecule has 78 valence electrons. The van der Waals surface area contributed by atoms with Gasteiger partial charge in [-0.3, -0.25) is 4.79 Å². The zero-order valence-corrected chi connectivity index (χ0v) is 9.03. The van der Waals surface area contributed by atoms with E-state index in [2.05, 4.69) is 6.92 Å². The fraction of sp³-hybridized carbons (Fsp3) is 0.333. The van der Waals surface area contributed by atoms with Crippen LogP contribution in [0.3, 0.4) is 0 Å². The van der Waals surface area contributed by atoms with Crippen molar-refractivity contribution in [3.8, 4) is 6.07 Å². The van der Waals surface area contributed by atoms with Crippen molar-refractivity contribution in [3.63, 3.8) is 0 Å². The van der Waals surface area contributed by atoms with Crippen molar-refractivity contribution in [2.24, 2.45) is 0 Å². The van der Waals surface area contributed by atoms with Gasteiger partial charge in [0.15, 0.2) is 6.07 Å². The minimum Gasteiger partial charge on any atom is -0.303 e. The minimum atomic E-state index is -0.543. The topological polar surface area (TPSA) is 44.1 Å². The zero-order valence-electron chi connectivity index (χ0n) is 9.03. The Hall–Kier alpha value is -1.82. The van der Waals surface area contributed by atoms with Gasteiger partial charge >= 0.3 is 5.91 Å². The Labute approximate surface area is 89.9 Å². The second kappa shape index (κ2) is 5.16. The third kappa shape index (κ3) is 2.81. The van der Waals surface area contributed by atoms with Crippen molar-refractivity contribution >= 4 is 11.6 Å². The van der Waals surface area contributed by atoms with Crippen LogP contribution in [-0.4, -0.2) is 13.0 Å².